The molecule has 0 saturated heterocycles. The van der Waals surface area contributed by atoms with Crippen molar-refractivity contribution in [3.63, 3.8) is 0 Å². The van der Waals surface area contributed by atoms with Crippen LogP contribution in [0, 0.1) is 0 Å². The average Bonchev–Trinajstić information content (AvgIpc) is 2.58. The summed E-state index contributed by atoms with van der Waals surface area (Å²) in [4.78, 5) is 24.1. The monoisotopic (exact) mass is 471 g/mol. The lowest BCUT2D eigenvalue weighted by Crippen LogP contribution is -2.49. The number of carbonyl (C=O) groups excluding carboxylic acids is 1. The molecule has 32 heavy (non-hydrogen) atoms. The van der Waals surface area contributed by atoms with Crippen LogP contribution < -0.4 is 11.1 Å². The van der Waals surface area contributed by atoms with E-state index < -0.39 is 45.3 Å². The Labute approximate surface area is 191 Å². The molecule has 0 saturated carbocycles. The Morgan fingerprint density at radius 3 is 2.09 bits per heavy atom. The number of hydrogen-bond acceptors (Lipinski definition) is 6. The van der Waals surface area contributed by atoms with Crippen LogP contribution in [0.15, 0.2) is 29.2 Å². The highest BCUT2D eigenvalue weighted by Gasteiger charge is 2.38. The van der Waals surface area contributed by atoms with Crippen molar-refractivity contribution >= 4 is 27.8 Å². The second-order valence-electron chi connectivity index (χ2n) is 9.75. The normalized spacial score (nSPS) is 13.8. The molecule has 0 spiro atoms. The second-order valence-corrected chi connectivity index (χ2v) is 11.6. The molecule has 0 aliphatic carbocycles. The van der Waals surface area contributed by atoms with Gasteiger partial charge in [-0.1, -0.05) is 0 Å². The number of sulfonamides is 1. The average molecular weight is 472 g/mol. The topological polar surface area (TPSA) is 139 Å². The Morgan fingerprint density at radius 1 is 1.12 bits per heavy atom. The zero-order valence-corrected chi connectivity index (χ0v) is 20.8. The minimum absolute atomic E-state index is 0.0152. The lowest BCUT2D eigenvalue weighted by Gasteiger charge is -2.33. The summed E-state index contributed by atoms with van der Waals surface area (Å²) in [6, 6.07) is 3.83. The first-order chi connectivity index (χ1) is 14.5. The van der Waals surface area contributed by atoms with E-state index in [1.54, 1.807) is 48.5 Å². The summed E-state index contributed by atoms with van der Waals surface area (Å²) in [5, 5.41) is 12.6. The largest absolute Gasteiger partial charge is 0.480 e. The molecule has 0 unspecified atom stereocenters. The summed E-state index contributed by atoms with van der Waals surface area (Å²) >= 11 is 0. The number of nitrogens with one attached hydrogen (secondary N) is 1. The van der Waals surface area contributed by atoms with Crippen molar-refractivity contribution in [1.29, 1.82) is 0 Å². The van der Waals surface area contributed by atoms with Gasteiger partial charge in [0.15, 0.2) is 0 Å². The third-order valence-corrected chi connectivity index (χ3v) is 6.77. The van der Waals surface area contributed by atoms with Crippen LogP contribution in [-0.2, 0) is 19.6 Å². The van der Waals surface area contributed by atoms with Gasteiger partial charge >= 0.3 is 12.1 Å². The summed E-state index contributed by atoms with van der Waals surface area (Å²) in [5.41, 5.74) is 4.76. The van der Waals surface area contributed by atoms with Crippen LogP contribution >= 0.6 is 0 Å². The number of benzene rings is 1. The molecule has 0 radical (unpaired) electrons. The fourth-order valence-corrected chi connectivity index (χ4v) is 5.11. The van der Waals surface area contributed by atoms with Crippen LogP contribution in [0.5, 0.6) is 0 Å². The van der Waals surface area contributed by atoms with Crippen molar-refractivity contribution in [3.05, 3.63) is 24.3 Å². The number of anilines is 1. The zero-order valence-electron chi connectivity index (χ0n) is 20.0. The maximum absolute atomic E-state index is 13.2. The van der Waals surface area contributed by atoms with Gasteiger partial charge in [-0.05, 0) is 92.0 Å². The molecule has 0 aliphatic heterocycles. The quantitative estimate of drug-likeness (QED) is 0.443. The Hall–Kier alpha value is -2.33. The fraction of sp³-hybridized carbons (Fsp3) is 0.636. The van der Waals surface area contributed by atoms with Crippen LogP contribution in [0.2, 0.25) is 0 Å². The van der Waals surface area contributed by atoms with Crippen LogP contribution in [0.1, 0.15) is 67.7 Å². The van der Waals surface area contributed by atoms with E-state index in [-0.39, 0.29) is 11.3 Å². The highest BCUT2D eigenvalue weighted by Crippen LogP contribution is 2.26. The minimum atomic E-state index is -4.06. The minimum Gasteiger partial charge on any atom is -0.480 e. The summed E-state index contributed by atoms with van der Waals surface area (Å²) in [6.45, 7) is 12.2. The number of rotatable bonds is 10. The molecule has 182 valence electrons. The standard InChI is InChI=1S/C22H37N3O6S/c1-15(2)25(32(29,30)17-12-10-16(23)11-13-17)18(19(26)27)9-8-14-22(6,7)24-20(28)31-21(3,4)5/h10-13,15,18H,8-9,14,23H2,1-7H3,(H,24,28)(H,26,27)/t18-/m0/s1. The number of amides is 1. The van der Waals surface area contributed by atoms with Gasteiger partial charge in [-0.3, -0.25) is 4.79 Å². The summed E-state index contributed by atoms with van der Waals surface area (Å²) in [6.07, 6.45) is 0.331. The van der Waals surface area contributed by atoms with Gasteiger partial charge in [-0.15, -0.1) is 0 Å². The molecule has 9 nitrogen and oxygen atoms in total. The molecule has 10 heteroatoms. The molecule has 0 aromatic heterocycles. The Balaban J connectivity index is 2.97. The van der Waals surface area contributed by atoms with Crippen LogP contribution in [0.4, 0.5) is 10.5 Å². The number of carbonyl (C=O) groups is 2. The number of ether oxygens (including phenoxy) is 1. The molecule has 1 amide bonds. The molecule has 0 aliphatic rings. The molecular formula is C22H37N3O6S. The third-order valence-electron chi connectivity index (χ3n) is 4.68. The molecule has 4 N–H and O–H groups in total. The van der Waals surface area contributed by atoms with E-state index in [0.717, 1.165) is 4.31 Å². The predicted octanol–water partition coefficient (Wildman–Crippen LogP) is 3.59. The molecule has 1 aromatic rings. The van der Waals surface area contributed by atoms with Crippen LogP contribution in [0.3, 0.4) is 0 Å². The summed E-state index contributed by atoms with van der Waals surface area (Å²) < 4.78 is 32.7. The van der Waals surface area contributed by atoms with Crippen LogP contribution in [-0.4, -0.2) is 53.1 Å². The summed E-state index contributed by atoms with van der Waals surface area (Å²) in [7, 11) is -4.06. The number of carboxylic acids is 1. The van der Waals surface area contributed by atoms with Crippen molar-refractivity contribution in [2.75, 3.05) is 5.73 Å². The van der Waals surface area contributed by atoms with Gasteiger partial charge in [-0.25, -0.2) is 13.2 Å². The lowest BCUT2D eigenvalue weighted by atomic mass is 9.95. The molecule has 1 rings (SSSR count). The molecular weight excluding hydrogens is 434 g/mol. The van der Waals surface area contributed by atoms with Crippen LogP contribution in [0.25, 0.3) is 0 Å². The second kappa shape index (κ2) is 10.5. The van der Waals surface area contributed by atoms with Gasteiger partial charge < -0.3 is 20.9 Å². The highest BCUT2D eigenvalue weighted by atomic mass is 32.2. The van der Waals surface area contributed by atoms with Crippen molar-refractivity contribution in [1.82, 2.24) is 9.62 Å². The molecule has 1 atom stereocenters. The first-order valence-electron chi connectivity index (χ1n) is 10.6. The number of carboxylic acid groups (broad SMARTS) is 1. The van der Waals surface area contributed by atoms with Gasteiger partial charge in [0.25, 0.3) is 0 Å². The van der Waals surface area contributed by atoms with Gasteiger partial charge in [0.1, 0.15) is 11.6 Å². The highest BCUT2D eigenvalue weighted by molar-refractivity contribution is 7.89. The maximum atomic E-state index is 13.2. The Kier molecular flexibility index (Phi) is 9.11. The number of hydrogen-bond donors (Lipinski definition) is 3. The number of alkyl carbamates (subject to hydrolysis) is 1. The fourth-order valence-electron chi connectivity index (χ4n) is 3.31. The predicted molar refractivity (Wildman–Crippen MR) is 124 cm³/mol. The van der Waals surface area contributed by atoms with E-state index in [1.807, 2.05) is 0 Å². The van der Waals surface area contributed by atoms with E-state index in [2.05, 4.69) is 5.32 Å². The number of nitrogens with zero attached hydrogens (tertiary/aromatic N) is 1. The van der Waals surface area contributed by atoms with E-state index in [9.17, 15) is 23.1 Å². The summed E-state index contributed by atoms with van der Waals surface area (Å²) in [5.74, 6) is -1.23. The number of aliphatic carboxylic acids is 1. The number of nitrogens with two attached hydrogens (primary N) is 1. The van der Waals surface area contributed by atoms with Gasteiger partial charge in [0.05, 0.1) is 4.90 Å². The number of nitrogen functional groups attached to an aromatic ring is 1. The molecule has 0 bridgehead atoms. The molecule has 0 heterocycles. The van der Waals surface area contributed by atoms with Crippen molar-refractivity contribution < 1.29 is 27.9 Å². The van der Waals surface area contributed by atoms with E-state index in [0.29, 0.717) is 18.5 Å². The Bertz CT molecular complexity index is 889. The van der Waals surface area contributed by atoms with Gasteiger partial charge in [0, 0.05) is 17.3 Å². The smallest absolute Gasteiger partial charge is 0.408 e. The maximum Gasteiger partial charge on any atom is 0.408 e. The molecule has 1 aromatic carbocycles. The van der Waals surface area contributed by atoms with Crippen molar-refractivity contribution in [3.8, 4) is 0 Å². The van der Waals surface area contributed by atoms with E-state index in [4.69, 9.17) is 10.5 Å². The first kappa shape index (κ1) is 27.7. The SMILES string of the molecule is CC(C)N([C@@H](CCCC(C)(C)NC(=O)OC(C)(C)C)C(=O)O)S(=O)(=O)c1ccc(N)cc1. The van der Waals surface area contributed by atoms with Crippen molar-refractivity contribution in [2.45, 2.75) is 95.8 Å². The van der Waals surface area contributed by atoms with E-state index in [1.165, 1.54) is 24.3 Å². The third kappa shape index (κ3) is 8.31. The van der Waals surface area contributed by atoms with Crippen molar-refractivity contribution in [2.24, 2.45) is 0 Å². The van der Waals surface area contributed by atoms with Gasteiger partial charge in [0.2, 0.25) is 10.0 Å². The Morgan fingerprint density at radius 2 is 1.66 bits per heavy atom. The zero-order chi connectivity index (χ0) is 24.9. The molecule has 0 fully saturated rings. The van der Waals surface area contributed by atoms with E-state index >= 15 is 0 Å². The first-order valence-corrected chi connectivity index (χ1v) is 12.0. The van der Waals surface area contributed by atoms with Gasteiger partial charge in [-0.2, -0.15) is 4.31 Å². The lowest BCUT2D eigenvalue weighted by molar-refractivity contribution is -0.142.